The summed E-state index contributed by atoms with van der Waals surface area (Å²) in [5, 5.41) is 8.52. The quantitative estimate of drug-likeness (QED) is 0.721. The van der Waals surface area contributed by atoms with E-state index in [0.717, 1.165) is 11.6 Å². The van der Waals surface area contributed by atoms with Crippen LogP contribution in [-0.4, -0.2) is 82.6 Å². The molecule has 2 aromatic rings. The molecule has 1 aliphatic rings. The third kappa shape index (κ3) is 4.28. The minimum atomic E-state index is -0.0713. The predicted octanol–water partition coefficient (Wildman–Crippen LogP) is 1.53. The van der Waals surface area contributed by atoms with Crippen LogP contribution in [0.4, 0.5) is 11.6 Å². The lowest BCUT2D eigenvalue weighted by atomic mass is 10.1. The maximum Gasteiger partial charge on any atom is 0.254 e. The molecule has 1 saturated heterocycles. The second-order valence-electron chi connectivity index (χ2n) is 6.84. The van der Waals surface area contributed by atoms with Crippen molar-refractivity contribution in [3.8, 4) is 17.2 Å². The Labute approximate surface area is 170 Å². The van der Waals surface area contributed by atoms with Gasteiger partial charge in [-0.05, 0) is 24.3 Å². The number of ether oxygens (including phenoxy) is 3. The number of anilines is 2. The Hall–Kier alpha value is -3.23. The molecule has 0 aliphatic carbocycles. The largest absolute Gasteiger partial charge is 0.493 e. The van der Waals surface area contributed by atoms with Crippen molar-refractivity contribution in [1.82, 2.24) is 15.1 Å². The van der Waals surface area contributed by atoms with E-state index in [-0.39, 0.29) is 5.91 Å². The predicted molar refractivity (Wildman–Crippen MR) is 111 cm³/mol. The van der Waals surface area contributed by atoms with Gasteiger partial charge in [-0.2, -0.15) is 0 Å². The number of aromatic nitrogens is 2. The van der Waals surface area contributed by atoms with Crippen molar-refractivity contribution in [2.24, 2.45) is 0 Å². The van der Waals surface area contributed by atoms with Gasteiger partial charge in [-0.25, -0.2) is 0 Å². The van der Waals surface area contributed by atoms with Crippen LogP contribution in [0.25, 0.3) is 0 Å². The number of carbonyl (C=O) groups excluding carboxylic acids is 1. The molecular formula is C20H27N5O4. The second kappa shape index (κ2) is 8.85. The highest BCUT2D eigenvalue weighted by Gasteiger charge is 2.25. The summed E-state index contributed by atoms with van der Waals surface area (Å²) in [6.45, 7) is 2.55. The van der Waals surface area contributed by atoms with Gasteiger partial charge in [0.15, 0.2) is 23.1 Å². The first-order chi connectivity index (χ1) is 14.0. The van der Waals surface area contributed by atoms with Gasteiger partial charge < -0.3 is 28.9 Å². The molecule has 29 heavy (non-hydrogen) atoms. The number of hydrogen-bond donors (Lipinski definition) is 0. The molecule has 9 nitrogen and oxygen atoms in total. The summed E-state index contributed by atoms with van der Waals surface area (Å²) in [6, 6.07) is 7.26. The molecule has 1 aromatic carbocycles. The Kier molecular flexibility index (Phi) is 6.26. The van der Waals surface area contributed by atoms with Crippen molar-refractivity contribution in [2.45, 2.75) is 0 Å². The number of hydrogen-bond acceptors (Lipinski definition) is 8. The number of rotatable bonds is 6. The Bertz CT molecular complexity index is 823. The molecule has 1 aliphatic heterocycles. The van der Waals surface area contributed by atoms with Crippen molar-refractivity contribution >= 4 is 17.5 Å². The van der Waals surface area contributed by atoms with Gasteiger partial charge in [0, 0.05) is 45.8 Å². The van der Waals surface area contributed by atoms with Crippen molar-refractivity contribution in [2.75, 3.05) is 71.4 Å². The highest BCUT2D eigenvalue weighted by atomic mass is 16.5. The van der Waals surface area contributed by atoms with Gasteiger partial charge in [0.25, 0.3) is 5.91 Å². The first-order valence-corrected chi connectivity index (χ1v) is 9.33. The van der Waals surface area contributed by atoms with Crippen LogP contribution in [0.1, 0.15) is 10.4 Å². The third-order valence-corrected chi connectivity index (χ3v) is 4.90. The van der Waals surface area contributed by atoms with Gasteiger partial charge in [0.1, 0.15) is 0 Å². The molecule has 156 valence electrons. The molecule has 2 heterocycles. The first kappa shape index (κ1) is 20.5. The minimum absolute atomic E-state index is 0.0713. The van der Waals surface area contributed by atoms with Crippen LogP contribution in [0.2, 0.25) is 0 Å². The topological polar surface area (TPSA) is 80.3 Å². The van der Waals surface area contributed by atoms with Gasteiger partial charge in [-0.1, -0.05) is 0 Å². The Morgan fingerprint density at radius 1 is 0.931 bits per heavy atom. The van der Waals surface area contributed by atoms with Crippen LogP contribution >= 0.6 is 0 Å². The van der Waals surface area contributed by atoms with Crippen molar-refractivity contribution < 1.29 is 19.0 Å². The number of amides is 1. The van der Waals surface area contributed by atoms with Crippen LogP contribution in [0.3, 0.4) is 0 Å². The normalized spacial score (nSPS) is 13.8. The fourth-order valence-electron chi connectivity index (χ4n) is 3.25. The fourth-order valence-corrected chi connectivity index (χ4v) is 3.25. The maximum absolute atomic E-state index is 13.0. The Morgan fingerprint density at radius 3 is 2.00 bits per heavy atom. The first-order valence-electron chi connectivity index (χ1n) is 9.33. The highest BCUT2D eigenvalue weighted by Crippen LogP contribution is 2.38. The zero-order valence-corrected chi connectivity index (χ0v) is 17.5. The van der Waals surface area contributed by atoms with Crippen LogP contribution in [0, 0.1) is 0 Å². The summed E-state index contributed by atoms with van der Waals surface area (Å²) in [4.78, 5) is 18.9. The maximum atomic E-state index is 13.0. The van der Waals surface area contributed by atoms with Gasteiger partial charge in [-0.15, -0.1) is 10.2 Å². The molecule has 0 spiro atoms. The summed E-state index contributed by atoms with van der Waals surface area (Å²) in [5.41, 5.74) is 0.503. The number of nitrogens with zero attached hydrogens (tertiary/aromatic N) is 5. The molecule has 0 atom stereocenters. The van der Waals surface area contributed by atoms with E-state index in [0.29, 0.717) is 49.0 Å². The van der Waals surface area contributed by atoms with E-state index in [1.165, 1.54) is 21.3 Å². The van der Waals surface area contributed by atoms with E-state index in [2.05, 4.69) is 15.1 Å². The molecule has 0 bridgehead atoms. The highest BCUT2D eigenvalue weighted by molar-refractivity contribution is 5.95. The minimum Gasteiger partial charge on any atom is -0.493 e. The van der Waals surface area contributed by atoms with Crippen molar-refractivity contribution in [3.63, 3.8) is 0 Å². The second-order valence-corrected chi connectivity index (χ2v) is 6.84. The zero-order valence-electron chi connectivity index (χ0n) is 17.5. The number of carbonyl (C=O) groups is 1. The van der Waals surface area contributed by atoms with E-state index >= 15 is 0 Å². The van der Waals surface area contributed by atoms with Gasteiger partial charge in [-0.3, -0.25) is 4.79 Å². The van der Waals surface area contributed by atoms with Crippen molar-refractivity contribution in [3.05, 3.63) is 29.8 Å². The van der Waals surface area contributed by atoms with Crippen LogP contribution in [0.5, 0.6) is 17.2 Å². The monoisotopic (exact) mass is 401 g/mol. The van der Waals surface area contributed by atoms with E-state index in [9.17, 15) is 4.79 Å². The SMILES string of the molecule is COc1cc(C(=O)N2CCN(c3ccc(N(C)C)nn3)CC2)cc(OC)c1OC. The number of piperazine rings is 1. The molecule has 0 unspecified atom stereocenters. The smallest absolute Gasteiger partial charge is 0.254 e. The summed E-state index contributed by atoms with van der Waals surface area (Å²) in [6.07, 6.45) is 0. The average Bonchev–Trinajstić information content (AvgIpc) is 2.77. The van der Waals surface area contributed by atoms with E-state index in [1.54, 1.807) is 12.1 Å². The molecule has 3 rings (SSSR count). The summed E-state index contributed by atoms with van der Waals surface area (Å²) in [5.74, 6) is 2.95. The lowest BCUT2D eigenvalue weighted by Gasteiger charge is -2.35. The van der Waals surface area contributed by atoms with Gasteiger partial charge in [0.2, 0.25) is 5.75 Å². The molecular weight excluding hydrogens is 374 g/mol. The number of benzene rings is 1. The Balaban J connectivity index is 1.70. The van der Waals surface area contributed by atoms with E-state index < -0.39 is 0 Å². The van der Waals surface area contributed by atoms with Gasteiger partial charge in [0.05, 0.1) is 21.3 Å². The molecule has 9 heteroatoms. The zero-order chi connectivity index (χ0) is 21.0. The molecule has 0 saturated carbocycles. The van der Waals surface area contributed by atoms with Gasteiger partial charge >= 0.3 is 0 Å². The number of methoxy groups -OCH3 is 3. The lowest BCUT2D eigenvalue weighted by Crippen LogP contribution is -2.49. The molecule has 1 aromatic heterocycles. The lowest BCUT2D eigenvalue weighted by molar-refractivity contribution is 0.0745. The summed E-state index contributed by atoms with van der Waals surface area (Å²) >= 11 is 0. The van der Waals surface area contributed by atoms with Crippen LogP contribution in [-0.2, 0) is 0 Å². The molecule has 0 N–H and O–H groups in total. The third-order valence-electron chi connectivity index (χ3n) is 4.90. The fraction of sp³-hybridized carbons (Fsp3) is 0.450. The van der Waals surface area contributed by atoms with E-state index in [4.69, 9.17) is 14.2 Å². The standard InChI is InChI=1S/C20H27N5O4/c1-23(2)17-6-7-18(22-21-17)24-8-10-25(11-9-24)20(26)14-12-15(27-3)19(29-5)16(13-14)28-4/h6-7,12-13H,8-11H2,1-5H3. The van der Waals surface area contributed by atoms with Crippen LogP contribution < -0.4 is 24.0 Å². The summed E-state index contributed by atoms with van der Waals surface area (Å²) < 4.78 is 16.0. The van der Waals surface area contributed by atoms with E-state index in [1.807, 2.05) is 36.0 Å². The summed E-state index contributed by atoms with van der Waals surface area (Å²) in [7, 11) is 8.46. The molecule has 0 radical (unpaired) electrons. The average molecular weight is 401 g/mol. The molecule has 1 fully saturated rings. The Morgan fingerprint density at radius 2 is 1.55 bits per heavy atom. The van der Waals surface area contributed by atoms with Crippen LogP contribution in [0.15, 0.2) is 24.3 Å². The van der Waals surface area contributed by atoms with Crippen molar-refractivity contribution in [1.29, 1.82) is 0 Å². The molecule has 1 amide bonds.